The second-order valence-corrected chi connectivity index (χ2v) is 5.35. The van der Waals surface area contributed by atoms with Crippen LogP contribution in [0.5, 0.6) is 0 Å². The zero-order chi connectivity index (χ0) is 12.4. The van der Waals surface area contributed by atoms with Crippen molar-refractivity contribution in [1.29, 1.82) is 0 Å². The van der Waals surface area contributed by atoms with Gasteiger partial charge in [0.25, 0.3) is 0 Å². The van der Waals surface area contributed by atoms with E-state index in [4.69, 9.17) is 17.3 Å². The van der Waals surface area contributed by atoms with Gasteiger partial charge in [0.2, 0.25) is 0 Å². The van der Waals surface area contributed by atoms with E-state index in [1.165, 1.54) is 0 Å². The van der Waals surface area contributed by atoms with Crippen LogP contribution in [0, 0.1) is 5.92 Å². The zero-order valence-electron chi connectivity index (χ0n) is 10.1. The minimum atomic E-state index is -0.159. The van der Waals surface area contributed by atoms with Gasteiger partial charge in [-0.05, 0) is 30.0 Å². The molecule has 3 nitrogen and oxygen atoms in total. The normalized spacial score (nSPS) is 26.1. The highest BCUT2D eigenvalue weighted by molar-refractivity contribution is 6.30. The Morgan fingerprint density at radius 1 is 1.53 bits per heavy atom. The summed E-state index contributed by atoms with van der Waals surface area (Å²) in [5.74, 6) is 0.331. The monoisotopic (exact) mass is 254 g/mol. The van der Waals surface area contributed by atoms with Gasteiger partial charge in [-0.25, -0.2) is 0 Å². The first kappa shape index (κ1) is 12.7. The van der Waals surface area contributed by atoms with Crippen molar-refractivity contribution in [2.75, 3.05) is 18.8 Å². The number of nitrogens with zero attached hydrogens (tertiary/aromatic N) is 1. The molecule has 0 bridgehead atoms. The summed E-state index contributed by atoms with van der Waals surface area (Å²) in [5, 5.41) is 10.4. The quantitative estimate of drug-likeness (QED) is 0.795. The Kier molecular flexibility index (Phi) is 3.92. The predicted molar refractivity (Wildman–Crippen MR) is 70.9 cm³/mol. The number of halogens is 1. The zero-order valence-corrected chi connectivity index (χ0v) is 10.8. The number of aliphatic hydroxyl groups is 1. The fraction of sp³-hybridized carbons (Fsp3) is 0.538. The van der Waals surface area contributed by atoms with Gasteiger partial charge in [0, 0.05) is 30.3 Å². The minimum Gasteiger partial charge on any atom is -0.398 e. The Morgan fingerprint density at radius 3 is 2.94 bits per heavy atom. The van der Waals surface area contributed by atoms with Gasteiger partial charge in [-0.3, -0.25) is 4.90 Å². The highest BCUT2D eigenvalue weighted by Gasteiger charge is 2.24. The molecule has 3 N–H and O–H groups in total. The topological polar surface area (TPSA) is 49.5 Å². The summed E-state index contributed by atoms with van der Waals surface area (Å²) in [6.45, 7) is 4.76. The van der Waals surface area contributed by atoms with Crippen molar-refractivity contribution >= 4 is 17.3 Å². The molecule has 1 aliphatic rings. The second-order valence-electron chi connectivity index (χ2n) is 4.91. The van der Waals surface area contributed by atoms with Gasteiger partial charge in [-0.1, -0.05) is 24.6 Å². The molecule has 2 rings (SSSR count). The molecule has 0 saturated carbocycles. The number of nitrogen functional groups attached to an aromatic ring is 1. The summed E-state index contributed by atoms with van der Waals surface area (Å²) in [6, 6.07) is 5.64. The molecule has 17 heavy (non-hydrogen) atoms. The van der Waals surface area contributed by atoms with E-state index >= 15 is 0 Å². The largest absolute Gasteiger partial charge is 0.398 e. The van der Waals surface area contributed by atoms with Crippen LogP contribution in [0.1, 0.15) is 18.9 Å². The average Bonchev–Trinajstić information content (AvgIpc) is 2.27. The first-order chi connectivity index (χ1) is 8.06. The van der Waals surface area contributed by atoms with E-state index in [1.54, 1.807) is 6.07 Å². The van der Waals surface area contributed by atoms with Crippen LogP contribution in [0.3, 0.4) is 0 Å². The maximum absolute atomic E-state index is 9.68. The third-order valence-electron chi connectivity index (χ3n) is 3.45. The highest BCUT2D eigenvalue weighted by Crippen LogP contribution is 2.23. The molecule has 1 aliphatic heterocycles. The van der Waals surface area contributed by atoms with Gasteiger partial charge in [0.05, 0.1) is 6.10 Å². The standard InChI is InChI=1S/C13H19ClN2O/c1-9-7-16(5-4-13(9)17)8-10-2-3-11(14)6-12(10)15/h2-3,6,9,13,17H,4-5,7-8,15H2,1H3. The molecule has 1 heterocycles. The molecule has 0 spiro atoms. The van der Waals surface area contributed by atoms with E-state index in [2.05, 4.69) is 11.8 Å². The number of anilines is 1. The van der Waals surface area contributed by atoms with E-state index in [9.17, 15) is 5.11 Å². The van der Waals surface area contributed by atoms with Gasteiger partial charge in [0.15, 0.2) is 0 Å². The van der Waals surface area contributed by atoms with E-state index in [0.717, 1.165) is 37.3 Å². The molecule has 2 unspecified atom stereocenters. The number of piperidine rings is 1. The number of hydrogen-bond acceptors (Lipinski definition) is 3. The molecule has 4 heteroatoms. The lowest BCUT2D eigenvalue weighted by Gasteiger charge is -2.34. The van der Waals surface area contributed by atoms with Crippen LogP contribution in [0.15, 0.2) is 18.2 Å². The van der Waals surface area contributed by atoms with Gasteiger partial charge >= 0.3 is 0 Å². The lowest BCUT2D eigenvalue weighted by atomic mass is 9.96. The highest BCUT2D eigenvalue weighted by atomic mass is 35.5. The molecule has 0 radical (unpaired) electrons. The van der Waals surface area contributed by atoms with Crippen LogP contribution in [0.2, 0.25) is 5.02 Å². The van der Waals surface area contributed by atoms with Crippen molar-refractivity contribution in [3.63, 3.8) is 0 Å². The molecule has 1 saturated heterocycles. The van der Waals surface area contributed by atoms with Crippen LogP contribution in [-0.4, -0.2) is 29.2 Å². The minimum absolute atomic E-state index is 0.159. The van der Waals surface area contributed by atoms with Crippen molar-refractivity contribution in [3.05, 3.63) is 28.8 Å². The smallest absolute Gasteiger partial charge is 0.0590 e. The van der Waals surface area contributed by atoms with Gasteiger partial charge in [-0.15, -0.1) is 0 Å². The van der Waals surface area contributed by atoms with Gasteiger partial charge in [-0.2, -0.15) is 0 Å². The van der Waals surface area contributed by atoms with E-state index in [-0.39, 0.29) is 6.10 Å². The van der Waals surface area contributed by atoms with Crippen LogP contribution in [0.4, 0.5) is 5.69 Å². The Morgan fingerprint density at radius 2 is 2.29 bits per heavy atom. The van der Waals surface area contributed by atoms with Crippen LogP contribution in [0.25, 0.3) is 0 Å². The molecule has 0 aromatic heterocycles. The lowest BCUT2D eigenvalue weighted by molar-refractivity contribution is 0.0321. The Hall–Kier alpha value is -0.770. The SMILES string of the molecule is CC1CN(Cc2ccc(Cl)cc2N)CCC1O. The number of aliphatic hydroxyl groups excluding tert-OH is 1. The van der Waals surface area contributed by atoms with E-state index < -0.39 is 0 Å². The fourth-order valence-electron chi connectivity index (χ4n) is 2.31. The van der Waals surface area contributed by atoms with Crippen molar-refractivity contribution in [1.82, 2.24) is 4.90 Å². The van der Waals surface area contributed by atoms with E-state index in [0.29, 0.717) is 10.9 Å². The van der Waals surface area contributed by atoms with Gasteiger partial charge < -0.3 is 10.8 Å². The summed E-state index contributed by atoms with van der Waals surface area (Å²) in [4.78, 5) is 2.33. The first-order valence-corrected chi connectivity index (χ1v) is 6.38. The van der Waals surface area contributed by atoms with Crippen LogP contribution in [-0.2, 0) is 6.54 Å². The number of likely N-dealkylation sites (tertiary alicyclic amines) is 1. The predicted octanol–water partition coefficient (Wildman–Crippen LogP) is 2.12. The van der Waals surface area contributed by atoms with Crippen molar-refractivity contribution in [2.45, 2.75) is 26.0 Å². The van der Waals surface area contributed by atoms with Gasteiger partial charge in [0.1, 0.15) is 0 Å². The summed E-state index contributed by atoms with van der Waals surface area (Å²) < 4.78 is 0. The number of nitrogens with two attached hydrogens (primary N) is 1. The summed E-state index contributed by atoms with van der Waals surface area (Å²) >= 11 is 5.88. The number of benzene rings is 1. The van der Waals surface area contributed by atoms with Crippen molar-refractivity contribution < 1.29 is 5.11 Å². The number of rotatable bonds is 2. The Labute approximate surface area is 107 Å². The molecule has 0 aliphatic carbocycles. The Balaban J connectivity index is 2.01. The van der Waals surface area contributed by atoms with Crippen LogP contribution >= 0.6 is 11.6 Å². The summed E-state index contributed by atoms with van der Waals surface area (Å²) in [5.41, 5.74) is 7.80. The third kappa shape index (κ3) is 3.12. The average molecular weight is 255 g/mol. The molecular formula is C13H19ClN2O. The maximum Gasteiger partial charge on any atom is 0.0590 e. The molecule has 1 fully saturated rings. The summed E-state index contributed by atoms with van der Waals surface area (Å²) in [6.07, 6.45) is 0.683. The summed E-state index contributed by atoms with van der Waals surface area (Å²) in [7, 11) is 0. The fourth-order valence-corrected chi connectivity index (χ4v) is 2.49. The molecule has 1 aromatic rings. The molecule has 94 valence electrons. The van der Waals surface area contributed by atoms with Crippen molar-refractivity contribution in [3.8, 4) is 0 Å². The lowest BCUT2D eigenvalue weighted by Crippen LogP contribution is -2.41. The molecular weight excluding hydrogens is 236 g/mol. The number of hydrogen-bond donors (Lipinski definition) is 2. The third-order valence-corrected chi connectivity index (χ3v) is 3.68. The second kappa shape index (κ2) is 5.25. The first-order valence-electron chi connectivity index (χ1n) is 6.00. The van der Waals surface area contributed by atoms with E-state index in [1.807, 2.05) is 12.1 Å². The van der Waals surface area contributed by atoms with Crippen LogP contribution < -0.4 is 5.73 Å². The van der Waals surface area contributed by atoms with Crippen molar-refractivity contribution in [2.24, 2.45) is 5.92 Å². The maximum atomic E-state index is 9.68. The Bertz CT molecular complexity index is 397. The molecule has 1 aromatic carbocycles. The molecule has 2 atom stereocenters. The molecule has 0 amide bonds.